The average molecular weight is 404 g/mol. The molecular weight excluding hydrogens is 374 g/mol. The Hall–Kier alpha value is -1.86. The van der Waals surface area contributed by atoms with Crippen LogP contribution in [0.25, 0.3) is 10.9 Å². The topological polar surface area (TPSA) is 73.5 Å². The molecule has 1 atom stereocenters. The van der Waals surface area contributed by atoms with Crippen molar-refractivity contribution in [2.75, 3.05) is 19.6 Å². The van der Waals surface area contributed by atoms with Crippen molar-refractivity contribution in [2.45, 2.75) is 62.8 Å². The fourth-order valence-corrected chi connectivity index (χ4v) is 5.93. The Morgan fingerprint density at radius 3 is 2.43 bits per heavy atom. The molecule has 1 aromatic heterocycles. The largest absolute Gasteiger partial charge is 0.351 e. The number of sulfonamides is 1. The van der Waals surface area contributed by atoms with Crippen LogP contribution in [0.5, 0.6) is 0 Å². The van der Waals surface area contributed by atoms with Crippen molar-refractivity contribution in [3.05, 3.63) is 30.0 Å². The van der Waals surface area contributed by atoms with Gasteiger partial charge in [-0.25, -0.2) is 8.42 Å². The third-order valence-corrected chi connectivity index (χ3v) is 7.98. The summed E-state index contributed by atoms with van der Waals surface area (Å²) in [5.74, 6) is 0.000301. The predicted molar refractivity (Wildman–Crippen MR) is 110 cm³/mol. The predicted octanol–water partition coefficient (Wildman–Crippen LogP) is 3.75. The van der Waals surface area contributed by atoms with Gasteiger partial charge >= 0.3 is 0 Å². The Kier molecular flexibility index (Phi) is 5.47. The van der Waals surface area contributed by atoms with Gasteiger partial charge in [-0.1, -0.05) is 12.8 Å². The molecule has 0 spiro atoms. The van der Waals surface area contributed by atoms with E-state index in [1.807, 2.05) is 4.90 Å². The van der Waals surface area contributed by atoms with Crippen molar-refractivity contribution in [3.63, 3.8) is 0 Å². The lowest BCUT2D eigenvalue weighted by Crippen LogP contribution is -2.42. The number of nitrogens with zero attached hydrogens (tertiary/aromatic N) is 2. The zero-order chi connectivity index (χ0) is 19.7. The van der Waals surface area contributed by atoms with Crippen molar-refractivity contribution in [1.29, 1.82) is 0 Å². The van der Waals surface area contributed by atoms with Crippen LogP contribution in [0.4, 0.5) is 0 Å². The average Bonchev–Trinajstić information content (AvgIpc) is 2.91. The van der Waals surface area contributed by atoms with E-state index in [-0.39, 0.29) is 11.9 Å². The van der Waals surface area contributed by atoms with Crippen molar-refractivity contribution in [1.82, 2.24) is 14.2 Å². The van der Waals surface area contributed by atoms with Gasteiger partial charge in [0.2, 0.25) is 10.0 Å². The molecule has 4 rings (SSSR count). The van der Waals surface area contributed by atoms with E-state index in [2.05, 4.69) is 11.9 Å². The molecule has 1 unspecified atom stereocenters. The highest BCUT2D eigenvalue weighted by atomic mass is 32.2. The molecular formula is C21H29N3O3S. The molecule has 1 aromatic carbocycles. The molecule has 2 fully saturated rings. The summed E-state index contributed by atoms with van der Waals surface area (Å²) < 4.78 is 27.7. The molecule has 0 aliphatic carbocycles. The SMILES string of the molecule is CC1CCCCN1C(=O)c1cc2cc(S(=O)(=O)N3CCCCCC3)ccc2[nH]1. The Bertz CT molecular complexity index is 958. The summed E-state index contributed by atoms with van der Waals surface area (Å²) in [6.07, 6.45) is 7.23. The molecule has 2 aliphatic heterocycles. The molecule has 2 aromatic rings. The van der Waals surface area contributed by atoms with E-state index in [9.17, 15) is 13.2 Å². The van der Waals surface area contributed by atoms with Gasteiger partial charge in [0.1, 0.15) is 5.69 Å². The minimum Gasteiger partial charge on any atom is -0.351 e. The number of nitrogens with one attached hydrogen (secondary N) is 1. The third kappa shape index (κ3) is 3.70. The molecule has 6 nitrogen and oxygen atoms in total. The first-order valence-corrected chi connectivity index (χ1v) is 11.8. The molecule has 1 amide bonds. The van der Waals surface area contributed by atoms with Gasteiger partial charge < -0.3 is 9.88 Å². The molecule has 1 N–H and O–H groups in total. The van der Waals surface area contributed by atoms with Crippen molar-refractivity contribution in [2.24, 2.45) is 0 Å². The monoisotopic (exact) mass is 403 g/mol. The number of aromatic nitrogens is 1. The van der Waals surface area contributed by atoms with Crippen LogP contribution in [0.2, 0.25) is 0 Å². The van der Waals surface area contributed by atoms with Crippen molar-refractivity contribution < 1.29 is 13.2 Å². The number of hydrogen-bond donors (Lipinski definition) is 1. The molecule has 2 aliphatic rings. The highest BCUT2D eigenvalue weighted by molar-refractivity contribution is 7.89. The maximum absolute atomic E-state index is 13.1. The van der Waals surface area contributed by atoms with Crippen LogP contribution in [0.1, 0.15) is 62.4 Å². The first-order valence-electron chi connectivity index (χ1n) is 10.4. The van der Waals surface area contributed by atoms with Gasteiger partial charge in [-0.3, -0.25) is 4.79 Å². The van der Waals surface area contributed by atoms with Crippen LogP contribution in [0.3, 0.4) is 0 Å². The van der Waals surface area contributed by atoms with Gasteiger partial charge in [0.15, 0.2) is 0 Å². The Morgan fingerprint density at radius 2 is 1.71 bits per heavy atom. The molecule has 0 saturated carbocycles. The summed E-state index contributed by atoms with van der Waals surface area (Å²) >= 11 is 0. The van der Waals surface area contributed by atoms with Crippen LogP contribution in [0, 0.1) is 0 Å². The van der Waals surface area contributed by atoms with Crippen LogP contribution < -0.4 is 0 Å². The lowest BCUT2D eigenvalue weighted by Gasteiger charge is -2.33. The molecule has 3 heterocycles. The van der Waals surface area contributed by atoms with Crippen molar-refractivity contribution >= 4 is 26.8 Å². The number of carbonyl (C=O) groups is 1. The Balaban J connectivity index is 1.62. The molecule has 2 saturated heterocycles. The highest BCUT2D eigenvalue weighted by Gasteiger charge is 2.27. The number of H-pyrrole nitrogens is 1. The summed E-state index contributed by atoms with van der Waals surface area (Å²) in [5.41, 5.74) is 1.33. The van der Waals surface area contributed by atoms with E-state index < -0.39 is 10.0 Å². The minimum atomic E-state index is -3.49. The molecule has 152 valence electrons. The zero-order valence-electron chi connectivity index (χ0n) is 16.5. The van der Waals surface area contributed by atoms with Crippen molar-refractivity contribution in [3.8, 4) is 0 Å². The van der Waals surface area contributed by atoms with Gasteiger partial charge in [0.05, 0.1) is 4.90 Å². The lowest BCUT2D eigenvalue weighted by atomic mass is 10.0. The molecule has 0 radical (unpaired) electrons. The number of piperidine rings is 1. The van der Waals surface area contributed by atoms with Crippen LogP contribution >= 0.6 is 0 Å². The van der Waals surface area contributed by atoms with E-state index in [1.165, 1.54) is 0 Å². The summed E-state index contributed by atoms with van der Waals surface area (Å²) in [6, 6.07) is 7.16. The second-order valence-electron chi connectivity index (χ2n) is 8.09. The van der Waals surface area contributed by atoms with Gasteiger partial charge in [-0.2, -0.15) is 4.31 Å². The van der Waals surface area contributed by atoms with E-state index in [0.717, 1.165) is 62.4 Å². The van der Waals surface area contributed by atoms with Gasteiger partial charge in [0.25, 0.3) is 5.91 Å². The van der Waals surface area contributed by atoms with E-state index in [4.69, 9.17) is 0 Å². The first-order chi connectivity index (χ1) is 13.5. The fraction of sp³-hybridized carbons (Fsp3) is 0.571. The first kappa shape index (κ1) is 19.5. The number of hydrogen-bond acceptors (Lipinski definition) is 3. The Labute approximate surface area is 166 Å². The van der Waals surface area contributed by atoms with E-state index >= 15 is 0 Å². The minimum absolute atomic E-state index is 0.000301. The second-order valence-corrected chi connectivity index (χ2v) is 10.0. The number of amides is 1. The zero-order valence-corrected chi connectivity index (χ0v) is 17.3. The maximum atomic E-state index is 13.1. The highest BCUT2D eigenvalue weighted by Crippen LogP contribution is 2.26. The second kappa shape index (κ2) is 7.87. The number of carbonyl (C=O) groups excluding carboxylic acids is 1. The third-order valence-electron chi connectivity index (χ3n) is 6.09. The maximum Gasteiger partial charge on any atom is 0.270 e. The summed E-state index contributed by atoms with van der Waals surface area (Å²) in [6.45, 7) is 4.05. The van der Waals surface area contributed by atoms with E-state index in [1.54, 1.807) is 28.6 Å². The summed E-state index contributed by atoms with van der Waals surface area (Å²) in [5, 5.41) is 0.768. The number of rotatable bonds is 3. The standard InChI is InChI=1S/C21H29N3O3S/c1-16-8-4-7-13-24(16)21(25)20-15-17-14-18(9-10-19(17)22-20)28(26,27)23-11-5-2-3-6-12-23/h9-10,14-16,22H,2-8,11-13H2,1H3. The van der Waals surface area contributed by atoms with Gasteiger partial charge in [-0.15, -0.1) is 0 Å². The number of fused-ring (bicyclic) bond motifs is 1. The molecule has 7 heteroatoms. The fourth-order valence-electron chi connectivity index (χ4n) is 4.37. The summed E-state index contributed by atoms with van der Waals surface area (Å²) in [4.78, 5) is 18.3. The normalized spacial score (nSPS) is 22.3. The van der Waals surface area contributed by atoms with Crippen LogP contribution in [-0.4, -0.2) is 54.2 Å². The molecule has 0 bridgehead atoms. The molecule has 28 heavy (non-hydrogen) atoms. The van der Waals surface area contributed by atoms with Crippen LogP contribution in [0.15, 0.2) is 29.2 Å². The summed E-state index contributed by atoms with van der Waals surface area (Å²) in [7, 11) is -3.49. The quantitative estimate of drug-likeness (QED) is 0.848. The number of likely N-dealkylation sites (tertiary alicyclic amines) is 1. The van der Waals surface area contributed by atoms with Gasteiger partial charge in [0, 0.05) is 36.6 Å². The number of benzene rings is 1. The van der Waals surface area contributed by atoms with E-state index in [0.29, 0.717) is 23.7 Å². The Morgan fingerprint density at radius 1 is 1.00 bits per heavy atom. The smallest absolute Gasteiger partial charge is 0.270 e. The van der Waals surface area contributed by atoms with Crippen LogP contribution in [-0.2, 0) is 10.0 Å². The number of aromatic amines is 1. The lowest BCUT2D eigenvalue weighted by molar-refractivity contribution is 0.0630. The van der Waals surface area contributed by atoms with Gasteiger partial charge in [-0.05, 0) is 63.3 Å².